The van der Waals surface area contributed by atoms with E-state index >= 15 is 0 Å². The number of sulfonamides is 1. The van der Waals surface area contributed by atoms with Crippen molar-refractivity contribution in [2.75, 3.05) is 20.6 Å². The number of nitrogens with one attached hydrogen (secondary N) is 1. The molecule has 0 fully saturated rings. The molecule has 8 heteroatoms. The number of rotatable bonds is 6. The molecule has 0 aromatic heterocycles. The van der Waals surface area contributed by atoms with E-state index in [9.17, 15) is 8.42 Å². The van der Waals surface area contributed by atoms with Crippen molar-refractivity contribution in [3.63, 3.8) is 0 Å². The molecule has 5 nitrogen and oxygen atoms in total. The Morgan fingerprint density at radius 2 is 1.86 bits per heavy atom. The predicted octanol–water partition coefficient (Wildman–Crippen LogP) is 2.07. The van der Waals surface area contributed by atoms with Gasteiger partial charge >= 0.3 is 0 Å². The van der Waals surface area contributed by atoms with Gasteiger partial charge in [0.2, 0.25) is 10.0 Å². The summed E-state index contributed by atoms with van der Waals surface area (Å²) in [7, 11) is 0.00290. The lowest BCUT2D eigenvalue weighted by molar-refractivity contribution is 0.199. The maximum absolute atomic E-state index is 12.4. The summed E-state index contributed by atoms with van der Waals surface area (Å²) in [6, 6.07) is 2.89. The van der Waals surface area contributed by atoms with Gasteiger partial charge in [-0.05, 0) is 45.6 Å². The van der Waals surface area contributed by atoms with Crippen LogP contribution in [0.1, 0.15) is 19.4 Å². The molecule has 0 saturated carbocycles. The van der Waals surface area contributed by atoms with Gasteiger partial charge in [0.15, 0.2) is 0 Å². The number of benzene rings is 1. The largest absolute Gasteiger partial charge is 0.326 e. The first-order valence-corrected chi connectivity index (χ1v) is 8.60. The first-order valence-electron chi connectivity index (χ1n) is 6.36. The van der Waals surface area contributed by atoms with Crippen LogP contribution in [0.15, 0.2) is 17.0 Å². The van der Waals surface area contributed by atoms with Crippen LogP contribution in [0.4, 0.5) is 0 Å². The van der Waals surface area contributed by atoms with Crippen molar-refractivity contribution >= 4 is 33.2 Å². The van der Waals surface area contributed by atoms with Crippen molar-refractivity contribution in [3.8, 4) is 0 Å². The summed E-state index contributed by atoms with van der Waals surface area (Å²) < 4.78 is 27.4. The minimum atomic E-state index is -3.76. The maximum Gasteiger partial charge on any atom is 0.242 e. The Bertz CT molecular complexity index is 616. The van der Waals surface area contributed by atoms with E-state index in [1.165, 1.54) is 6.07 Å². The molecule has 1 aromatic carbocycles. The van der Waals surface area contributed by atoms with E-state index in [2.05, 4.69) is 4.72 Å². The quantitative estimate of drug-likeness (QED) is 0.820. The molecule has 0 aliphatic carbocycles. The number of nitrogens with zero attached hydrogens (tertiary/aromatic N) is 1. The van der Waals surface area contributed by atoms with Gasteiger partial charge in [0.25, 0.3) is 0 Å². The summed E-state index contributed by atoms with van der Waals surface area (Å²) in [6.45, 7) is 4.22. The maximum atomic E-state index is 12.4. The molecule has 0 spiro atoms. The van der Waals surface area contributed by atoms with E-state index in [0.717, 1.165) is 0 Å². The number of hydrogen-bond acceptors (Lipinski definition) is 4. The molecule has 3 N–H and O–H groups in total. The van der Waals surface area contributed by atoms with Gasteiger partial charge in [-0.3, -0.25) is 0 Å². The third-order valence-corrected chi connectivity index (χ3v) is 5.70. The molecule has 21 heavy (non-hydrogen) atoms. The minimum absolute atomic E-state index is 0.0494. The van der Waals surface area contributed by atoms with Crippen LogP contribution in [0.25, 0.3) is 0 Å². The zero-order valence-corrected chi connectivity index (χ0v) is 14.9. The first-order chi connectivity index (χ1) is 9.51. The van der Waals surface area contributed by atoms with Crippen molar-refractivity contribution in [1.29, 1.82) is 0 Å². The summed E-state index contributed by atoms with van der Waals surface area (Å²) >= 11 is 12.0. The van der Waals surface area contributed by atoms with Crippen molar-refractivity contribution in [3.05, 3.63) is 27.7 Å². The topological polar surface area (TPSA) is 75.4 Å². The van der Waals surface area contributed by atoms with Crippen LogP contribution in [0.5, 0.6) is 0 Å². The Kier molecular flexibility index (Phi) is 6.06. The lowest BCUT2D eigenvalue weighted by atomic mass is 10.1. The second-order valence-electron chi connectivity index (χ2n) is 5.61. The molecular weight excluding hydrogens is 333 g/mol. The highest BCUT2D eigenvalue weighted by molar-refractivity contribution is 7.89. The van der Waals surface area contributed by atoms with Crippen LogP contribution in [0.3, 0.4) is 0 Å². The average Bonchev–Trinajstić information content (AvgIpc) is 2.38. The molecule has 0 heterocycles. The van der Waals surface area contributed by atoms with E-state index in [1.807, 2.05) is 32.8 Å². The third kappa shape index (κ3) is 4.55. The predicted molar refractivity (Wildman–Crippen MR) is 87.3 cm³/mol. The Hall–Kier alpha value is -0.370. The van der Waals surface area contributed by atoms with Gasteiger partial charge in [-0.1, -0.05) is 23.2 Å². The van der Waals surface area contributed by atoms with Gasteiger partial charge < -0.3 is 10.6 Å². The lowest BCUT2D eigenvalue weighted by Gasteiger charge is -2.32. The Balaban J connectivity index is 3.12. The van der Waals surface area contributed by atoms with E-state index in [4.69, 9.17) is 28.9 Å². The van der Waals surface area contributed by atoms with Gasteiger partial charge in [-0.2, -0.15) is 0 Å². The summed E-state index contributed by atoms with van der Waals surface area (Å²) in [5, 5.41) is 0.393. The molecule has 0 bridgehead atoms. The molecule has 1 rings (SSSR count). The van der Waals surface area contributed by atoms with Crippen LogP contribution in [0, 0.1) is 0 Å². The number of likely N-dealkylation sites (N-methyl/N-ethyl adjacent to an activating group) is 1. The Morgan fingerprint density at radius 1 is 1.29 bits per heavy atom. The fourth-order valence-electron chi connectivity index (χ4n) is 1.47. The van der Waals surface area contributed by atoms with Gasteiger partial charge in [0.05, 0.1) is 5.02 Å². The molecular formula is C13H21Cl2N3O2S. The number of halogens is 2. The van der Waals surface area contributed by atoms with E-state index in [1.54, 1.807) is 6.07 Å². The second kappa shape index (κ2) is 6.81. The van der Waals surface area contributed by atoms with Gasteiger partial charge in [0.1, 0.15) is 4.90 Å². The monoisotopic (exact) mass is 353 g/mol. The fourth-order valence-corrected chi connectivity index (χ4v) is 3.61. The van der Waals surface area contributed by atoms with Gasteiger partial charge in [-0.15, -0.1) is 0 Å². The van der Waals surface area contributed by atoms with E-state index in [0.29, 0.717) is 5.56 Å². The highest BCUT2D eigenvalue weighted by Crippen LogP contribution is 2.29. The Morgan fingerprint density at radius 3 is 2.33 bits per heavy atom. The standard InChI is InChI=1S/C13H21Cl2N3O2S/c1-13(2,18(3)4)8-17-21(19,20)11-6-10(14)5-9(7-16)12(11)15/h5-6,17H,7-8,16H2,1-4H3. The van der Waals surface area contributed by atoms with Crippen LogP contribution in [-0.4, -0.2) is 39.5 Å². The van der Waals surface area contributed by atoms with Crippen molar-refractivity contribution in [2.45, 2.75) is 30.8 Å². The normalized spacial score (nSPS) is 13.0. The van der Waals surface area contributed by atoms with Gasteiger partial charge in [-0.25, -0.2) is 13.1 Å². The fraction of sp³-hybridized carbons (Fsp3) is 0.538. The average molecular weight is 354 g/mol. The molecule has 0 aliphatic heterocycles. The summed E-state index contributed by atoms with van der Waals surface area (Å²) in [5.41, 5.74) is 5.71. The van der Waals surface area contributed by atoms with E-state index in [-0.39, 0.29) is 33.6 Å². The summed E-state index contributed by atoms with van der Waals surface area (Å²) in [5.74, 6) is 0. The zero-order valence-electron chi connectivity index (χ0n) is 12.6. The van der Waals surface area contributed by atoms with Crippen molar-refractivity contribution in [2.24, 2.45) is 5.73 Å². The van der Waals surface area contributed by atoms with Crippen LogP contribution in [-0.2, 0) is 16.6 Å². The van der Waals surface area contributed by atoms with Crippen molar-refractivity contribution < 1.29 is 8.42 Å². The summed E-state index contributed by atoms with van der Waals surface area (Å²) in [6.07, 6.45) is 0. The van der Waals surface area contributed by atoms with E-state index < -0.39 is 10.0 Å². The van der Waals surface area contributed by atoms with Gasteiger partial charge in [0, 0.05) is 23.7 Å². The van der Waals surface area contributed by atoms with Crippen LogP contribution >= 0.6 is 23.2 Å². The lowest BCUT2D eigenvalue weighted by Crippen LogP contribution is -2.48. The molecule has 0 aliphatic rings. The highest BCUT2D eigenvalue weighted by Gasteiger charge is 2.26. The molecule has 0 saturated heterocycles. The third-order valence-electron chi connectivity index (χ3n) is 3.49. The highest BCUT2D eigenvalue weighted by atomic mass is 35.5. The molecule has 0 radical (unpaired) electrons. The molecule has 1 aromatic rings. The molecule has 0 unspecified atom stereocenters. The molecule has 120 valence electrons. The minimum Gasteiger partial charge on any atom is -0.326 e. The number of nitrogens with two attached hydrogens (primary N) is 1. The number of hydrogen-bond donors (Lipinski definition) is 2. The summed E-state index contributed by atoms with van der Waals surface area (Å²) in [4.78, 5) is 1.88. The smallest absolute Gasteiger partial charge is 0.242 e. The van der Waals surface area contributed by atoms with Crippen LogP contribution < -0.4 is 10.5 Å². The Labute approximate surface area is 136 Å². The van der Waals surface area contributed by atoms with Crippen LogP contribution in [0.2, 0.25) is 10.0 Å². The SMILES string of the molecule is CN(C)C(C)(C)CNS(=O)(=O)c1cc(Cl)cc(CN)c1Cl. The first kappa shape index (κ1) is 18.7. The molecule has 0 amide bonds. The molecule has 0 atom stereocenters. The van der Waals surface area contributed by atoms with Crippen molar-refractivity contribution in [1.82, 2.24) is 9.62 Å². The zero-order chi connectivity index (χ0) is 16.4. The second-order valence-corrected chi connectivity index (χ2v) is 8.16.